The van der Waals surface area contributed by atoms with Crippen LogP contribution in [0.1, 0.15) is 29.9 Å². The number of aromatic amines is 1. The lowest BCUT2D eigenvalue weighted by Crippen LogP contribution is -2.32. The van der Waals surface area contributed by atoms with Crippen LogP contribution in [0.25, 0.3) is 21.7 Å². The fourth-order valence-electron chi connectivity index (χ4n) is 4.55. The highest BCUT2D eigenvalue weighted by Crippen LogP contribution is 2.29. The average molecular weight is 423 g/mol. The molecule has 0 unspecified atom stereocenters. The summed E-state index contributed by atoms with van der Waals surface area (Å²) in [4.78, 5) is 17.9. The first-order chi connectivity index (χ1) is 14.2. The van der Waals surface area contributed by atoms with Gasteiger partial charge in [-0.05, 0) is 72.6 Å². The van der Waals surface area contributed by atoms with E-state index < -0.39 is 0 Å². The molecular weight excluding hydrogens is 399 g/mol. The van der Waals surface area contributed by atoms with Crippen LogP contribution in [0.5, 0.6) is 0 Å². The number of likely N-dealkylation sites (tertiary alicyclic amines) is 1. The monoisotopic (exact) mass is 422 g/mol. The lowest BCUT2D eigenvalue weighted by molar-refractivity contribution is 0.204. The van der Waals surface area contributed by atoms with E-state index in [0.717, 1.165) is 54.2 Å². The van der Waals surface area contributed by atoms with Crippen LogP contribution in [0.15, 0.2) is 71.5 Å². The Morgan fingerprint density at radius 3 is 2.33 bits per heavy atom. The van der Waals surface area contributed by atoms with E-state index in [2.05, 4.69) is 28.1 Å². The van der Waals surface area contributed by atoms with Crippen LogP contribution in [-0.2, 0) is 6.54 Å². The minimum Gasteiger partial charge on any atom is -0.321 e. The summed E-state index contributed by atoms with van der Waals surface area (Å²) >= 11 is 0. The number of fused-ring (bicyclic) bond motifs is 3. The Hall–Kier alpha value is -2.69. The number of nitrogens with one attached hydrogen (secondary N) is 1. The van der Waals surface area contributed by atoms with Gasteiger partial charge in [0.25, 0.3) is 5.56 Å². The van der Waals surface area contributed by atoms with E-state index in [1.165, 1.54) is 11.1 Å². The number of aromatic nitrogens is 1. The van der Waals surface area contributed by atoms with Crippen LogP contribution in [-0.4, -0.2) is 23.0 Å². The Balaban J connectivity index is 0.00000218. The fraction of sp³-hybridized carbons (Fsp3) is 0.240. The fourth-order valence-corrected chi connectivity index (χ4v) is 4.55. The number of pyridine rings is 1. The SMILES string of the molecule is Cl.O=c1[nH]c2cc(CN3CCC(c4ccc(F)cc4)CC3)ccc2c2ccccc12. The molecule has 3 nitrogen and oxygen atoms in total. The summed E-state index contributed by atoms with van der Waals surface area (Å²) in [5.74, 6) is 0.333. The molecule has 0 aliphatic carbocycles. The molecule has 1 aliphatic rings. The van der Waals surface area contributed by atoms with Gasteiger partial charge in [0.05, 0.1) is 0 Å². The number of H-pyrrole nitrogens is 1. The summed E-state index contributed by atoms with van der Waals surface area (Å²) in [7, 11) is 0. The van der Waals surface area contributed by atoms with Crippen LogP contribution in [0.2, 0.25) is 0 Å². The standard InChI is InChI=1S/C25H23FN2O.ClH/c26-20-8-6-18(7-9-20)19-11-13-28(14-12-19)16-17-5-10-22-21-3-1-2-4-23(21)25(29)27-24(22)15-17;/h1-10,15,19H,11-14,16H2,(H,27,29);1H. The molecule has 0 saturated carbocycles. The van der Waals surface area contributed by atoms with Gasteiger partial charge >= 0.3 is 0 Å². The molecule has 0 radical (unpaired) electrons. The van der Waals surface area contributed by atoms with Gasteiger partial charge < -0.3 is 4.98 Å². The first-order valence-corrected chi connectivity index (χ1v) is 10.2. The van der Waals surface area contributed by atoms with Crippen LogP contribution < -0.4 is 5.56 Å². The zero-order valence-corrected chi connectivity index (χ0v) is 17.4. The topological polar surface area (TPSA) is 36.1 Å². The second kappa shape index (κ2) is 8.58. The first kappa shape index (κ1) is 20.6. The maximum absolute atomic E-state index is 13.2. The maximum Gasteiger partial charge on any atom is 0.256 e. The van der Waals surface area contributed by atoms with Gasteiger partial charge in [-0.15, -0.1) is 12.4 Å². The van der Waals surface area contributed by atoms with Crippen molar-refractivity contribution in [1.29, 1.82) is 0 Å². The van der Waals surface area contributed by atoms with Crippen LogP contribution >= 0.6 is 12.4 Å². The molecule has 1 aromatic heterocycles. The summed E-state index contributed by atoms with van der Waals surface area (Å²) in [6.07, 6.45) is 2.17. The molecule has 3 aromatic carbocycles. The molecule has 0 atom stereocenters. The van der Waals surface area contributed by atoms with E-state index in [-0.39, 0.29) is 23.8 Å². The smallest absolute Gasteiger partial charge is 0.256 e. The number of nitrogens with zero attached hydrogens (tertiary/aromatic N) is 1. The second-order valence-corrected chi connectivity index (χ2v) is 7.98. The zero-order chi connectivity index (χ0) is 19.8. The van der Waals surface area contributed by atoms with Gasteiger partial charge in [0.2, 0.25) is 0 Å². The van der Waals surface area contributed by atoms with Gasteiger partial charge in [0, 0.05) is 22.8 Å². The molecule has 5 heteroatoms. The molecule has 0 spiro atoms. The highest BCUT2D eigenvalue weighted by Gasteiger charge is 2.20. The normalized spacial score (nSPS) is 15.4. The third kappa shape index (κ3) is 3.98. The number of benzene rings is 3. The predicted octanol–water partition coefficient (Wildman–Crippen LogP) is 5.62. The quantitative estimate of drug-likeness (QED) is 0.435. The molecule has 30 heavy (non-hydrogen) atoms. The highest BCUT2D eigenvalue weighted by atomic mass is 35.5. The number of hydrogen-bond acceptors (Lipinski definition) is 2. The van der Waals surface area contributed by atoms with Crippen molar-refractivity contribution in [2.45, 2.75) is 25.3 Å². The molecule has 2 heterocycles. The van der Waals surface area contributed by atoms with E-state index in [0.29, 0.717) is 5.92 Å². The van der Waals surface area contributed by atoms with Crippen molar-refractivity contribution in [2.24, 2.45) is 0 Å². The number of hydrogen-bond donors (Lipinski definition) is 1. The van der Waals surface area contributed by atoms with E-state index in [4.69, 9.17) is 0 Å². The Labute approximate surface area is 180 Å². The summed E-state index contributed by atoms with van der Waals surface area (Å²) in [6, 6.07) is 21.1. The van der Waals surface area contributed by atoms with Crippen molar-refractivity contribution < 1.29 is 4.39 Å². The van der Waals surface area contributed by atoms with Gasteiger partial charge in [-0.2, -0.15) is 0 Å². The van der Waals surface area contributed by atoms with Gasteiger partial charge in [-0.3, -0.25) is 9.69 Å². The predicted molar refractivity (Wildman–Crippen MR) is 123 cm³/mol. The summed E-state index contributed by atoms with van der Waals surface area (Å²) in [5, 5.41) is 2.81. The van der Waals surface area contributed by atoms with Crippen LogP contribution in [0.4, 0.5) is 4.39 Å². The largest absolute Gasteiger partial charge is 0.321 e. The lowest BCUT2D eigenvalue weighted by Gasteiger charge is -2.32. The molecule has 154 valence electrons. The lowest BCUT2D eigenvalue weighted by atomic mass is 9.89. The molecular formula is C25H24ClFN2O. The van der Waals surface area contributed by atoms with Crippen molar-refractivity contribution in [3.63, 3.8) is 0 Å². The molecule has 1 saturated heterocycles. The molecule has 1 aliphatic heterocycles. The van der Waals surface area contributed by atoms with E-state index in [9.17, 15) is 9.18 Å². The number of halogens is 2. The molecule has 1 N–H and O–H groups in total. The molecule has 5 rings (SSSR count). The molecule has 1 fully saturated rings. The van der Waals surface area contributed by atoms with Crippen LogP contribution in [0.3, 0.4) is 0 Å². The maximum atomic E-state index is 13.2. The first-order valence-electron chi connectivity index (χ1n) is 10.2. The van der Waals surface area contributed by atoms with Crippen LogP contribution in [0, 0.1) is 5.82 Å². The van der Waals surface area contributed by atoms with Crippen molar-refractivity contribution in [3.05, 3.63) is 94.0 Å². The number of rotatable bonds is 3. The third-order valence-corrected chi connectivity index (χ3v) is 6.13. The Morgan fingerprint density at radius 2 is 1.60 bits per heavy atom. The highest BCUT2D eigenvalue weighted by molar-refractivity contribution is 6.05. The van der Waals surface area contributed by atoms with Gasteiger partial charge in [-0.1, -0.05) is 42.5 Å². The second-order valence-electron chi connectivity index (χ2n) is 7.98. The summed E-state index contributed by atoms with van der Waals surface area (Å²) in [6.45, 7) is 2.92. The van der Waals surface area contributed by atoms with Crippen molar-refractivity contribution in [1.82, 2.24) is 9.88 Å². The third-order valence-electron chi connectivity index (χ3n) is 6.13. The van der Waals surface area contributed by atoms with E-state index in [1.54, 1.807) is 12.1 Å². The summed E-state index contributed by atoms with van der Waals surface area (Å²) < 4.78 is 13.2. The number of piperidine rings is 1. The summed E-state index contributed by atoms with van der Waals surface area (Å²) in [5.41, 5.74) is 3.31. The molecule has 4 aromatic rings. The molecule has 0 amide bonds. The minimum atomic E-state index is -0.173. The van der Waals surface area contributed by atoms with Crippen molar-refractivity contribution >= 4 is 34.1 Å². The van der Waals surface area contributed by atoms with Gasteiger partial charge in [0.15, 0.2) is 0 Å². The Morgan fingerprint density at radius 1 is 0.900 bits per heavy atom. The van der Waals surface area contributed by atoms with Gasteiger partial charge in [0.1, 0.15) is 5.82 Å². The Kier molecular flexibility index (Phi) is 5.89. The Bertz CT molecular complexity index is 1230. The minimum absolute atomic E-state index is 0. The van der Waals surface area contributed by atoms with Crippen molar-refractivity contribution in [2.75, 3.05) is 13.1 Å². The van der Waals surface area contributed by atoms with Gasteiger partial charge in [-0.25, -0.2) is 4.39 Å². The van der Waals surface area contributed by atoms with E-state index in [1.807, 2.05) is 36.4 Å². The van der Waals surface area contributed by atoms with Crippen molar-refractivity contribution in [3.8, 4) is 0 Å². The average Bonchev–Trinajstić information content (AvgIpc) is 2.75. The molecule has 0 bridgehead atoms. The zero-order valence-electron chi connectivity index (χ0n) is 16.6. The van der Waals surface area contributed by atoms with E-state index >= 15 is 0 Å².